The molecule has 0 aliphatic heterocycles. The maximum Gasteiger partial charge on any atom is 0.408 e. The van der Waals surface area contributed by atoms with Gasteiger partial charge in [0.15, 0.2) is 0 Å². The minimum absolute atomic E-state index is 0.0260. The molecule has 1 heterocycles. The number of nitrogen functional groups attached to an aromatic ring is 1. The predicted octanol–water partition coefficient (Wildman–Crippen LogP) is 1.97. The molecule has 12 heteroatoms. The Kier molecular flexibility index (Phi) is 12.4. The van der Waals surface area contributed by atoms with E-state index >= 15 is 0 Å². The standard InChI is InChI=1S/C31H38N6O6/c1-21(2)18-25(36-31(42)43-20-23-12-7-4-8-13-23)28(39)35-24(19-22-10-5-3-6-11-22)27(38)29(40)33-15-9-17-37-26(32)14-16-34-30(37)41/h3-8,10-14,16,21,24-25H,9,15,17-20,32H2,1-2H3,(H,33,40)(H,35,39)(H,36,42)/t24-,25-/m0/s1. The molecule has 0 saturated heterocycles. The molecule has 1 aromatic heterocycles. The molecular weight excluding hydrogens is 552 g/mol. The van der Waals surface area contributed by atoms with Gasteiger partial charge in [0.2, 0.25) is 11.7 Å². The number of carbonyl (C=O) groups excluding carboxylic acids is 4. The van der Waals surface area contributed by atoms with Gasteiger partial charge in [-0.25, -0.2) is 14.6 Å². The van der Waals surface area contributed by atoms with Crippen LogP contribution in [0.4, 0.5) is 10.6 Å². The number of hydrogen-bond donors (Lipinski definition) is 4. The molecule has 0 saturated carbocycles. The molecule has 2 aromatic carbocycles. The molecule has 3 rings (SSSR count). The number of hydrogen-bond acceptors (Lipinski definition) is 8. The summed E-state index contributed by atoms with van der Waals surface area (Å²) in [5.41, 5.74) is 6.82. The lowest BCUT2D eigenvalue weighted by Crippen LogP contribution is -2.55. The molecule has 228 valence electrons. The molecular formula is C31H38N6O6. The number of benzene rings is 2. The monoisotopic (exact) mass is 590 g/mol. The first-order valence-electron chi connectivity index (χ1n) is 14.1. The first kappa shape index (κ1) is 32.5. The lowest BCUT2D eigenvalue weighted by Gasteiger charge is -2.24. The van der Waals surface area contributed by atoms with Crippen LogP contribution in [0.25, 0.3) is 0 Å². The Labute approximate surface area is 250 Å². The number of alkyl carbamates (subject to hydrolysis) is 1. The number of ketones is 1. The normalized spacial score (nSPS) is 12.2. The molecule has 0 aliphatic carbocycles. The zero-order chi connectivity index (χ0) is 31.2. The van der Waals surface area contributed by atoms with Crippen LogP contribution in [0.2, 0.25) is 0 Å². The molecule has 0 unspecified atom stereocenters. The smallest absolute Gasteiger partial charge is 0.408 e. The number of nitrogens with two attached hydrogens (primary N) is 1. The van der Waals surface area contributed by atoms with E-state index in [2.05, 4.69) is 20.9 Å². The summed E-state index contributed by atoms with van der Waals surface area (Å²) in [6, 6.07) is 17.4. The molecule has 0 bridgehead atoms. The number of aromatic nitrogens is 2. The molecule has 0 spiro atoms. The lowest BCUT2D eigenvalue weighted by molar-refractivity contribution is -0.140. The zero-order valence-electron chi connectivity index (χ0n) is 24.3. The van der Waals surface area contributed by atoms with Gasteiger partial charge in [0.1, 0.15) is 24.5 Å². The molecule has 3 amide bonds. The summed E-state index contributed by atoms with van der Waals surface area (Å²) in [5.74, 6) is -2.08. The minimum Gasteiger partial charge on any atom is -0.445 e. The van der Waals surface area contributed by atoms with E-state index in [0.29, 0.717) is 6.42 Å². The molecule has 43 heavy (non-hydrogen) atoms. The van der Waals surface area contributed by atoms with E-state index in [4.69, 9.17) is 10.5 Å². The van der Waals surface area contributed by atoms with Crippen LogP contribution in [-0.4, -0.2) is 51.9 Å². The maximum atomic E-state index is 13.4. The number of ether oxygens (including phenoxy) is 1. The fourth-order valence-electron chi connectivity index (χ4n) is 4.30. The van der Waals surface area contributed by atoms with Gasteiger partial charge in [0.25, 0.3) is 5.91 Å². The molecule has 3 aromatic rings. The van der Waals surface area contributed by atoms with E-state index in [-0.39, 0.29) is 44.3 Å². The third-order valence-electron chi connectivity index (χ3n) is 6.48. The second-order valence-electron chi connectivity index (χ2n) is 10.4. The van der Waals surface area contributed by atoms with Crippen LogP contribution in [0.1, 0.15) is 37.8 Å². The maximum absolute atomic E-state index is 13.4. The number of anilines is 1. The third-order valence-corrected chi connectivity index (χ3v) is 6.48. The second-order valence-corrected chi connectivity index (χ2v) is 10.4. The SMILES string of the molecule is CC(C)C[C@H](NC(=O)OCc1ccccc1)C(=O)N[C@@H](Cc1ccccc1)C(=O)C(=O)NCCCn1c(N)ccnc1=O. The van der Waals surface area contributed by atoms with Crippen LogP contribution in [0.15, 0.2) is 77.7 Å². The minimum atomic E-state index is -1.19. The number of amides is 3. The van der Waals surface area contributed by atoms with Crippen LogP contribution in [0, 0.1) is 5.92 Å². The number of carbonyl (C=O) groups is 4. The number of nitrogens with one attached hydrogen (secondary N) is 3. The largest absolute Gasteiger partial charge is 0.445 e. The van der Waals surface area contributed by atoms with Crippen molar-refractivity contribution >= 4 is 29.5 Å². The van der Waals surface area contributed by atoms with Crippen molar-refractivity contribution in [3.05, 3.63) is 94.5 Å². The van der Waals surface area contributed by atoms with Gasteiger partial charge in [-0.15, -0.1) is 0 Å². The van der Waals surface area contributed by atoms with Crippen LogP contribution in [0.5, 0.6) is 0 Å². The summed E-state index contributed by atoms with van der Waals surface area (Å²) in [4.78, 5) is 67.6. The van der Waals surface area contributed by atoms with Crippen molar-refractivity contribution in [1.82, 2.24) is 25.5 Å². The van der Waals surface area contributed by atoms with Gasteiger partial charge in [0, 0.05) is 25.7 Å². The molecule has 0 fully saturated rings. The zero-order valence-corrected chi connectivity index (χ0v) is 24.3. The first-order valence-corrected chi connectivity index (χ1v) is 14.1. The highest BCUT2D eigenvalue weighted by atomic mass is 16.5. The Morgan fingerprint density at radius 2 is 1.56 bits per heavy atom. The number of nitrogens with zero attached hydrogens (tertiary/aromatic N) is 2. The molecule has 0 aliphatic rings. The van der Waals surface area contributed by atoms with Gasteiger partial charge in [-0.2, -0.15) is 0 Å². The average Bonchev–Trinajstić information content (AvgIpc) is 2.99. The summed E-state index contributed by atoms with van der Waals surface area (Å²) >= 11 is 0. The van der Waals surface area contributed by atoms with Crippen LogP contribution in [-0.2, 0) is 38.7 Å². The van der Waals surface area contributed by atoms with E-state index in [1.165, 1.54) is 16.8 Å². The highest BCUT2D eigenvalue weighted by Crippen LogP contribution is 2.10. The molecule has 12 nitrogen and oxygen atoms in total. The molecule has 5 N–H and O–H groups in total. The van der Waals surface area contributed by atoms with E-state index in [0.717, 1.165) is 11.1 Å². The van der Waals surface area contributed by atoms with Crippen molar-refractivity contribution in [1.29, 1.82) is 0 Å². The van der Waals surface area contributed by atoms with Crippen molar-refractivity contribution in [3.8, 4) is 0 Å². The van der Waals surface area contributed by atoms with Crippen molar-refractivity contribution in [2.24, 2.45) is 5.92 Å². The Morgan fingerprint density at radius 3 is 2.19 bits per heavy atom. The van der Waals surface area contributed by atoms with E-state index in [1.54, 1.807) is 24.3 Å². The van der Waals surface area contributed by atoms with Crippen LogP contribution < -0.4 is 27.4 Å². The van der Waals surface area contributed by atoms with Gasteiger partial charge in [-0.3, -0.25) is 19.0 Å². The van der Waals surface area contributed by atoms with Gasteiger partial charge in [-0.05, 0) is 36.0 Å². The highest BCUT2D eigenvalue weighted by Gasteiger charge is 2.31. The quantitative estimate of drug-likeness (QED) is 0.153. The summed E-state index contributed by atoms with van der Waals surface area (Å²) in [5, 5.41) is 7.82. The van der Waals surface area contributed by atoms with E-state index in [9.17, 15) is 24.0 Å². The van der Waals surface area contributed by atoms with E-state index < -0.39 is 41.5 Å². The Balaban J connectivity index is 1.64. The predicted molar refractivity (Wildman–Crippen MR) is 161 cm³/mol. The van der Waals surface area contributed by atoms with E-state index in [1.807, 2.05) is 50.2 Å². The Hall–Kier alpha value is -5.00. The molecule has 2 atom stereocenters. The van der Waals surface area contributed by atoms with Gasteiger partial charge in [-0.1, -0.05) is 74.5 Å². The average molecular weight is 591 g/mol. The van der Waals surface area contributed by atoms with Crippen molar-refractivity contribution < 1.29 is 23.9 Å². The lowest BCUT2D eigenvalue weighted by atomic mass is 9.99. The summed E-state index contributed by atoms with van der Waals surface area (Å²) in [6.45, 7) is 4.09. The van der Waals surface area contributed by atoms with Gasteiger partial charge < -0.3 is 26.4 Å². The van der Waals surface area contributed by atoms with Gasteiger partial charge >= 0.3 is 11.8 Å². The molecule has 0 radical (unpaired) electrons. The highest BCUT2D eigenvalue weighted by molar-refractivity contribution is 6.38. The number of rotatable bonds is 15. The first-order chi connectivity index (χ1) is 20.6. The Bertz CT molecular complexity index is 1430. The second kappa shape index (κ2) is 16.4. The Morgan fingerprint density at radius 1 is 0.907 bits per heavy atom. The summed E-state index contributed by atoms with van der Waals surface area (Å²) in [7, 11) is 0. The van der Waals surface area contributed by atoms with Crippen molar-refractivity contribution in [3.63, 3.8) is 0 Å². The summed E-state index contributed by atoms with van der Waals surface area (Å²) < 4.78 is 6.55. The van der Waals surface area contributed by atoms with Crippen molar-refractivity contribution in [2.75, 3.05) is 12.3 Å². The third kappa shape index (κ3) is 10.7. The fraction of sp³-hybridized carbons (Fsp3) is 0.355. The summed E-state index contributed by atoms with van der Waals surface area (Å²) in [6.07, 6.45) is 1.19. The van der Waals surface area contributed by atoms with Crippen molar-refractivity contribution in [2.45, 2.75) is 58.3 Å². The number of Topliss-reactive ketones (excluding diaryl/α,β-unsaturated/α-hetero) is 1. The van der Waals surface area contributed by atoms with Gasteiger partial charge in [0.05, 0.1) is 0 Å². The van der Waals surface area contributed by atoms with Crippen LogP contribution >= 0.6 is 0 Å². The van der Waals surface area contributed by atoms with Crippen LogP contribution in [0.3, 0.4) is 0 Å². The fourth-order valence-corrected chi connectivity index (χ4v) is 4.30. The topological polar surface area (TPSA) is 175 Å².